The van der Waals surface area contributed by atoms with Gasteiger partial charge >= 0.3 is 0 Å². The minimum Gasteiger partial charge on any atom is -0.434 e. The van der Waals surface area contributed by atoms with Crippen LogP contribution in [0.5, 0.6) is 0 Å². The molecule has 9 heteroatoms. The first-order chi connectivity index (χ1) is 14.3. The number of oxazole rings is 1. The number of fused-ring (bicyclic) bond motifs is 1. The lowest BCUT2D eigenvalue weighted by molar-refractivity contribution is -0.128. The molecule has 0 spiro atoms. The summed E-state index contributed by atoms with van der Waals surface area (Å²) in [5, 5.41) is 12.5. The largest absolute Gasteiger partial charge is 0.434 e. The van der Waals surface area contributed by atoms with E-state index in [4.69, 9.17) is 4.42 Å². The second kappa shape index (κ2) is 9.19. The van der Waals surface area contributed by atoms with Crippen molar-refractivity contribution >= 4 is 32.6 Å². The second-order valence-electron chi connectivity index (χ2n) is 6.88. The molecule has 0 aliphatic rings. The van der Waals surface area contributed by atoms with E-state index in [0.29, 0.717) is 16.7 Å². The molecule has 1 aromatic heterocycles. The van der Waals surface area contributed by atoms with Gasteiger partial charge in [-0.3, -0.25) is 9.59 Å². The van der Waals surface area contributed by atoms with Gasteiger partial charge in [0.1, 0.15) is 11.6 Å². The first-order valence-electron chi connectivity index (χ1n) is 9.41. The highest BCUT2D eigenvalue weighted by Gasteiger charge is 2.29. The Morgan fingerprint density at radius 2 is 1.77 bits per heavy atom. The molecule has 0 radical (unpaired) electrons. The minimum atomic E-state index is -3.74. The zero-order chi connectivity index (χ0) is 21.7. The predicted molar refractivity (Wildman–Crippen MR) is 111 cm³/mol. The highest BCUT2D eigenvalue weighted by atomic mass is 32.2. The van der Waals surface area contributed by atoms with Crippen molar-refractivity contribution in [1.82, 2.24) is 10.3 Å². The molecular formula is C21H22N2O6S. The normalized spacial score (nSPS) is 13.7. The molecule has 0 unspecified atom stereocenters. The van der Waals surface area contributed by atoms with Crippen LogP contribution in [0.2, 0.25) is 0 Å². The number of aliphatic hydroxyl groups is 1. The van der Waals surface area contributed by atoms with Crippen LogP contribution in [0.4, 0.5) is 0 Å². The van der Waals surface area contributed by atoms with Crippen LogP contribution in [-0.2, 0) is 20.4 Å². The first-order valence-corrected chi connectivity index (χ1v) is 11.2. The molecule has 1 heterocycles. The van der Waals surface area contributed by atoms with E-state index in [2.05, 4.69) is 10.3 Å². The van der Waals surface area contributed by atoms with Crippen molar-refractivity contribution in [1.29, 1.82) is 0 Å². The summed E-state index contributed by atoms with van der Waals surface area (Å²) in [5.41, 5.74) is 1.51. The highest BCUT2D eigenvalue weighted by molar-refractivity contribution is 7.90. The Labute approximate surface area is 173 Å². The zero-order valence-electron chi connectivity index (χ0n) is 16.3. The average molecular weight is 430 g/mol. The summed E-state index contributed by atoms with van der Waals surface area (Å²) in [6.45, 7) is 1.67. The molecule has 0 fully saturated rings. The lowest BCUT2D eigenvalue weighted by atomic mass is 10.1. The van der Waals surface area contributed by atoms with Crippen molar-refractivity contribution in [2.45, 2.75) is 31.2 Å². The van der Waals surface area contributed by atoms with Crippen LogP contribution >= 0.6 is 0 Å². The van der Waals surface area contributed by atoms with E-state index in [9.17, 15) is 23.1 Å². The van der Waals surface area contributed by atoms with Gasteiger partial charge in [0.2, 0.25) is 5.78 Å². The SMILES string of the molecule is CC[C@@H](NC(=O)[C@H](O)CS(=O)(=O)Cc1ccccc1)C(=O)c1nc2ccccc2o1. The summed E-state index contributed by atoms with van der Waals surface area (Å²) in [7, 11) is -3.74. The molecule has 2 atom stereocenters. The topological polar surface area (TPSA) is 127 Å². The Bertz CT molecular complexity index is 1110. The summed E-state index contributed by atoms with van der Waals surface area (Å²) < 4.78 is 30.0. The fraction of sp³-hybridized carbons (Fsp3) is 0.286. The zero-order valence-corrected chi connectivity index (χ0v) is 17.1. The molecule has 0 bridgehead atoms. The lowest BCUT2D eigenvalue weighted by Crippen LogP contribution is -2.47. The number of ketones is 1. The van der Waals surface area contributed by atoms with Crippen LogP contribution in [-0.4, -0.2) is 48.1 Å². The van der Waals surface area contributed by atoms with Crippen LogP contribution in [0.1, 0.15) is 29.6 Å². The Kier molecular flexibility index (Phi) is 6.63. The van der Waals surface area contributed by atoms with Gasteiger partial charge in [-0.25, -0.2) is 13.4 Å². The fourth-order valence-electron chi connectivity index (χ4n) is 2.95. The summed E-state index contributed by atoms with van der Waals surface area (Å²) in [6.07, 6.45) is -1.59. The molecule has 8 nitrogen and oxygen atoms in total. The fourth-order valence-corrected chi connectivity index (χ4v) is 4.40. The van der Waals surface area contributed by atoms with Gasteiger partial charge in [0.05, 0.1) is 17.5 Å². The van der Waals surface area contributed by atoms with Crippen molar-refractivity contribution in [2.75, 3.05) is 5.75 Å². The Balaban J connectivity index is 1.64. The second-order valence-corrected chi connectivity index (χ2v) is 8.99. The molecule has 158 valence electrons. The van der Waals surface area contributed by atoms with Crippen LogP contribution in [0.25, 0.3) is 11.1 Å². The molecular weight excluding hydrogens is 408 g/mol. The van der Waals surface area contributed by atoms with Gasteiger partial charge in [-0.1, -0.05) is 49.4 Å². The van der Waals surface area contributed by atoms with Gasteiger partial charge in [-0.05, 0) is 24.1 Å². The Morgan fingerprint density at radius 1 is 1.10 bits per heavy atom. The van der Waals surface area contributed by atoms with E-state index in [1.165, 1.54) is 0 Å². The number of nitrogens with one attached hydrogen (secondary N) is 1. The van der Waals surface area contributed by atoms with Crippen molar-refractivity contribution in [3.8, 4) is 0 Å². The van der Waals surface area contributed by atoms with E-state index in [-0.39, 0.29) is 18.1 Å². The molecule has 3 aromatic rings. The van der Waals surface area contributed by atoms with E-state index in [1.807, 2.05) is 0 Å². The summed E-state index contributed by atoms with van der Waals surface area (Å²) in [4.78, 5) is 29.1. The number of benzene rings is 2. The van der Waals surface area contributed by atoms with Crippen LogP contribution in [0.3, 0.4) is 0 Å². The number of nitrogens with zero attached hydrogens (tertiary/aromatic N) is 1. The summed E-state index contributed by atoms with van der Waals surface area (Å²) in [5.74, 6) is -2.70. The quantitative estimate of drug-likeness (QED) is 0.496. The number of sulfone groups is 1. The van der Waals surface area contributed by atoms with Crippen molar-refractivity contribution in [3.05, 3.63) is 66.1 Å². The highest BCUT2D eigenvalue weighted by Crippen LogP contribution is 2.16. The van der Waals surface area contributed by atoms with Gasteiger partial charge in [0.15, 0.2) is 15.4 Å². The van der Waals surface area contributed by atoms with Gasteiger partial charge in [-0.15, -0.1) is 0 Å². The number of rotatable bonds is 9. The molecule has 1 amide bonds. The van der Waals surface area contributed by atoms with Crippen LogP contribution < -0.4 is 5.32 Å². The number of hydrogen-bond acceptors (Lipinski definition) is 7. The van der Waals surface area contributed by atoms with E-state index in [0.717, 1.165) is 0 Å². The number of carbonyl (C=O) groups excluding carboxylic acids is 2. The Hall–Kier alpha value is -3.04. The molecule has 2 aromatic carbocycles. The molecule has 0 aliphatic heterocycles. The first kappa shape index (κ1) is 21.7. The standard InChI is InChI=1S/C21H22N2O6S/c1-2-15(19(25)21-23-16-10-6-7-11-18(16)29-21)22-20(26)17(24)13-30(27,28)12-14-8-4-3-5-9-14/h3-11,15,17,24H,2,12-13H2,1H3,(H,22,26)/t15-,17-/m1/s1. The van der Waals surface area contributed by atoms with Gasteiger partial charge in [-0.2, -0.15) is 0 Å². The maximum atomic E-state index is 12.7. The van der Waals surface area contributed by atoms with Crippen LogP contribution in [0, 0.1) is 0 Å². The summed E-state index contributed by atoms with van der Waals surface area (Å²) in [6, 6.07) is 14.3. The smallest absolute Gasteiger partial charge is 0.266 e. The van der Waals surface area contributed by atoms with Crippen molar-refractivity contribution < 1.29 is 27.5 Å². The maximum absolute atomic E-state index is 12.7. The number of aliphatic hydroxyl groups excluding tert-OH is 1. The minimum absolute atomic E-state index is 0.158. The number of amides is 1. The number of aromatic nitrogens is 1. The van der Waals surface area contributed by atoms with Gasteiger partial charge in [0, 0.05) is 0 Å². The molecule has 3 rings (SSSR count). The molecule has 30 heavy (non-hydrogen) atoms. The molecule has 2 N–H and O–H groups in total. The van der Waals surface area contributed by atoms with Crippen molar-refractivity contribution in [2.24, 2.45) is 0 Å². The third kappa shape index (κ3) is 5.31. The maximum Gasteiger partial charge on any atom is 0.266 e. The Morgan fingerprint density at radius 3 is 2.43 bits per heavy atom. The van der Waals surface area contributed by atoms with E-state index >= 15 is 0 Å². The van der Waals surface area contributed by atoms with Crippen LogP contribution in [0.15, 0.2) is 59.0 Å². The number of para-hydroxylation sites is 2. The number of hydrogen-bond donors (Lipinski definition) is 2. The average Bonchev–Trinajstić information content (AvgIpc) is 3.15. The monoisotopic (exact) mass is 430 g/mol. The molecule has 0 saturated heterocycles. The van der Waals surface area contributed by atoms with Gasteiger partial charge in [0.25, 0.3) is 11.8 Å². The van der Waals surface area contributed by atoms with Crippen molar-refractivity contribution in [3.63, 3.8) is 0 Å². The van der Waals surface area contributed by atoms with E-state index in [1.54, 1.807) is 61.5 Å². The van der Waals surface area contributed by atoms with Gasteiger partial charge < -0.3 is 14.8 Å². The third-order valence-electron chi connectivity index (χ3n) is 4.49. The molecule has 0 saturated carbocycles. The molecule has 0 aliphatic carbocycles. The predicted octanol–water partition coefficient (Wildman–Crippen LogP) is 1.88. The third-order valence-corrected chi connectivity index (χ3v) is 6.09. The number of Topliss-reactive ketones (excluding diaryl/α,β-unsaturated/α-hetero) is 1. The lowest BCUT2D eigenvalue weighted by Gasteiger charge is -2.17. The van der Waals surface area contributed by atoms with E-state index < -0.39 is 39.4 Å². The summed E-state index contributed by atoms with van der Waals surface area (Å²) >= 11 is 0. The number of carbonyl (C=O) groups is 2.